The summed E-state index contributed by atoms with van der Waals surface area (Å²) in [5, 5.41) is 0.438. The van der Waals surface area contributed by atoms with E-state index in [2.05, 4.69) is 43.3 Å². The third kappa shape index (κ3) is 6.98. The molecule has 4 heteroatoms. The second-order valence-electron chi connectivity index (χ2n) is 5.56. The summed E-state index contributed by atoms with van der Waals surface area (Å²) in [4.78, 5) is 4.82. The van der Waals surface area contributed by atoms with E-state index in [0.717, 1.165) is 32.2 Å². The predicted molar refractivity (Wildman–Crippen MR) is 81.6 cm³/mol. The normalized spacial score (nSPS) is 20.5. The fraction of sp³-hybridized carbons (Fsp3) is 1.00. The topological polar surface area (TPSA) is 15.7 Å². The van der Waals surface area contributed by atoms with Crippen molar-refractivity contribution >= 4 is 12.6 Å². The zero-order valence-electron chi connectivity index (χ0n) is 12.3. The molecule has 3 nitrogen and oxygen atoms in total. The Hall–Kier alpha value is 0.230. The van der Waals surface area contributed by atoms with Crippen LogP contribution < -0.4 is 0 Å². The van der Waals surface area contributed by atoms with E-state index in [1.54, 1.807) is 0 Å². The lowest BCUT2D eigenvalue weighted by molar-refractivity contribution is 0.0581. The number of ether oxygens (including phenoxy) is 1. The average Bonchev–Trinajstić information content (AvgIpc) is 2.34. The van der Waals surface area contributed by atoms with Crippen LogP contribution in [0.15, 0.2) is 0 Å². The van der Waals surface area contributed by atoms with Gasteiger partial charge < -0.3 is 14.5 Å². The Morgan fingerprint density at radius 2 is 2.06 bits per heavy atom. The lowest BCUT2D eigenvalue weighted by atomic mass is 9.98. The minimum atomic E-state index is 0.438. The first-order chi connectivity index (χ1) is 8.61. The molecule has 0 saturated carbocycles. The zero-order chi connectivity index (χ0) is 13.4. The van der Waals surface area contributed by atoms with Gasteiger partial charge in [-0.25, -0.2) is 0 Å². The van der Waals surface area contributed by atoms with E-state index in [-0.39, 0.29) is 0 Å². The molecule has 1 atom stereocenters. The molecule has 1 fully saturated rings. The van der Waals surface area contributed by atoms with Gasteiger partial charge in [0.25, 0.3) is 0 Å². The highest BCUT2D eigenvalue weighted by Gasteiger charge is 2.17. The summed E-state index contributed by atoms with van der Waals surface area (Å²) < 4.78 is 5.81. The Bertz CT molecular complexity index is 206. The lowest BCUT2D eigenvalue weighted by Gasteiger charge is -2.30. The Kier molecular flexibility index (Phi) is 8.31. The summed E-state index contributed by atoms with van der Waals surface area (Å²) in [6, 6.07) is 0. The first-order valence-corrected chi connectivity index (χ1v) is 7.80. The van der Waals surface area contributed by atoms with E-state index < -0.39 is 0 Å². The second-order valence-corrected chi connectivity index (χ2v) is 6.45. The number of thiol groups is 1. The van der Waals surface area contributed by atoms with Crippen LogP contribution in [0.3, 0.4) is 0 Å². The van der Waals surface area contributed by atoms with E-state index in [0.29, 0.717) is 5.25 Å². The van der Waals surface area contributed by atoms with Gasteiger partial charge in [0.15, 0.2) is 0 Å². The highest BCUT2D eigenvalue weighted by molar-refractivity contribution is 7.80. The maximum Gasteiger partial charge on any atom is 0.0593 e. The molecule has 1 saturated heterocycles. The lowest BCUT2D eigenvalue weighted by Crippen LogP contribution is -2.35. The SMILES string of the molecule is CCN1CCC(COCCN(C)C[C@H](C)S)CC1. The maximum absolute atomic E-state index is 5.81. The molecule has 1 aliphatic rings. The van der Waals surface area contributed by atoms with Crippen molar-refractivity contribution in [1.29, 1.82) is 0 Å². The number of hydrogen-bond acceptors (Lipinski definition) is 4. The molecule has 0 N–H and O–H groups in total. The first-order valence-electron chi connectivity index (χ1n) is 7.28. The Labute approximate surface area is 118 Å². The van der Waals surface area contributed by atoms with Gasteiger partial charge in [0.05, 0.1) is 6.61 Å². The average molecular weight is 274 g/mol. The molecule has 0 aromatic carbocycles. The van der Waals surface area contributed by atoms with Gasteiger partial charge in [-0.2, -0.15) is 12.6 Å². The molecule has 1 aliphatic heterocycles. The van der Waals surface area contributed by atoms with Gasteiger partial charge in [-0.3, -0.25) is 0 Å². The molecule has 0 amide bonds. The molecule has 0 aromatic rings. The molecule has 0 spiro atoms. The fourth-order valence-corrected chi connectivity index (χ4v) is 2.76. The van der Waals surface area contributed by atoms with Crippen molar-refractivity contribution in [2.75, 3.05) is 53.0 Å². The molecule has 1 heterocycles. The highest BCUT2D eigenvalue weighted by Crippen LogP contribution is 2.16. The number of piperidine rings is 1. The van der Waals surface area contributed by atoms with Gasteiger partial charge in [0, 0.05) is 24.9 Å². The predicted octanol–water partition coefficient (Wildman–Crippen LogP) is 1.98. The smallest absolute Gasteiger partial charge is 0.0593 e. The first kappa shape index (κ1) is 16.3. The molecule has 0 aromatic heterocycles. The largest absolute Gasteiger partial charge is 0.380 e. The van der Waals surface area contributed by atoms with E-state index in [1.165, 1.54) is 32.5 Å². The van der Waals surface area contributed by atoms with Gasteiger partial charge in [-0.1, -0.05) is 13.8 Å². The summed E-state index contributed by atoms with van der Waals surface area (Å²) in [6.07, 6.45) is 2.61. The Morgan fingerprint density at radius 1 is 1.39 bits per heavy atom. The van der Waals surface area contributed by atoms with E-state index in [9.17, 15) is 0 Å². The van der Waals surface area contributed by atoms with Crippen LogP contribution in [0.2, 0.25) is 0 Å². The van der Waals surface area contributed by atoms with Crippen LogP contribution in [0.1, 0.15) is 26.7 Å². The molecule has 18 heavy (non-hydrogen) atoms. The van der Waals surface area contributed by atoms with Crippen molar-refractivity contribution < 1.29 is 4.74 Å². The summed E-state index contributed by atoms with van der Waals surface area (Å²) in [7, 11) is 2.13. The van der Waals surface area contributed by atoms with Crippen molar-refractivity contribution in [2.45, 2.75) is 31.9 Å². The standard InChI is InChI=1S/C14H30N2OS/c1-4-16-7-5-14(6-8-16)12-17-10-9-15(3)11-13(2)18/h13-14,18H,4-12H2,1-3H3/t13-/m0/s1. The van der Waals surface area contributed by atoms with Crippen molar-refractivity contribution in [2.24, 2.45) is 5.92 Å². The fourth-order valence-electron chi connectivity index (χ4n) is 2.48. The van der Waals surface area contributed by atoms with Crippen LogP contribution in [-0.2, 0) is 4.74 Å². The molecular weight excluding hydrogens is 244 g/mol. The van der Waals surface area contributed by atoms with Crippen molar-refractivity contribution in [1.82, 2.24) is 9.80 Å². The van der Waals surface area contributed by atoms with Crippen LogP contribution in [-0.4, -0.2) is 68.0 Å². The summed E-state index contributed by atoms with van der Waals surface area (Å²) in [5.74, 6) is 0.780. The molecule has 108 valence electrons. The molecule has 0 bridgehead atoms. The van der Waals surface area contributed by atoms with Gasteiger partial charge in [0.2, 0.25) is 0 Å². The summed E-state index contributed by atoms with van der Waals surface area (Å²) in [6.45, 7) is 11.9. The van der Waals surface area contributed by atoms with Crippen LogP contribution in [0.5, 0.6) is 0 Å². The van der Waals surface area contributed by atoms with Crippen LogP contribution in [0.4, 0.5) is 0 Å². The quantitative estimate of drug-likeness (QED) is 0.538. The number of likely N-dealkylation sites (N-methyl/N-ethyl adjacent to an activating group) is 1. The van der Waals surface area contributed by atoms with Crippen LogP contribution in [0, 0.1) is 5.92 Å². The maximum atomic E-state index is 5.81. The van der Waals surface area contributed by atoms with Gasteiger partial charge in [-0.15, -0.1) is 0 Å². The van der Waals surface area contributed by atoms with Crippen molar-refractivity contribution in [3.63, 3.8) is 0 Å². The summed E-state index contributed by atoms with van der Waals surface area (Å²) in [5.41, 5.74) is 0. The van der Waals surface area contributed by atoms with Crippen molar-refractivity contribution in [3.8, 4) is 0 Å². The molecule has 1 rings (SSSR count). The number of hydrogen-bond donors (Lipinski definition) is 1. The monoisotopic (exact) mass is 274 g/mol. The van der Waals surface area contributed by atoms with Gasteiger partial charge in [0.1, 0.15) is 0 Å². The molecule has 0 unspecified atom stereocenters. The Morgan fingerprint density at radius 3 is 2.61 bits per heavy atom. The minimum Gasteiger partial charge on any atom is -0.380 e. The number of nitrogens with zero attached hydrogens (tertiary/aromatic N) is 2. The van der Waals surface area contributed by atoms with E-state index in [1.807, 2.05) is 0 Å². The summed E-state index contributed by atoms with van der Waals surface area (Å²) >= 11 is 4.40. The van der Waals surface area contributed by atoms with Gasteiger partial charge in [-0.05, 0) is 45.4 Å². The van der Waals surface area contributed by atoms with Crippen molar-refractivity contribution in [3.05, 3.63) is 0 Å². The molecule has 0 radical (unpaired) electrons. The van der Waals surface area contributed by atoms with E-state index >= 15 is 0 Å². The Balaban J connectivity index is 1.98. The molecule has 0 aliphatic carbocycles. The van der Waals surface area contributed by atoms with Crippen LogP contribution >= 0.6 is 12.6 Å². The third-order valence-corrected chi connectivity index (χ3v) is 3.86. The third-order valence-electron chi connectivity index (χ3n) is 3.70. The van der Waals surface area contributed by atoms with Gasteiger partial charge >= 0.3 is 0 Å². The second kappa shape index (κ2) is 9.18. The number of rotatable bonds is 8. The highest BCUT2D eigenvalue weighted by atomic mass is 32.1. The molecular formula is C14H30N2OS. The minimum absolute atomic E-state index is 0.438. The van der Waals surface area contributed by atoms with Crippen LogP contribution in [0.25, 0.3) is 0 Å². The number of likely N-dealkylation sites (tertiary alicyclic amines) is 1. The van der Waals surface area contributed by atoms with E-state index in [4.69, 9.17) is 4.74 Å². The zero-order valence-corrected chi connectivity index (χ0v) is 13.2.